The first-order chi connectivity index (χ1) is 24.5. The first kappa shape index (κ1) is 42.6. The van der Waals surface area contributed by atoms with Crippen LogP contribution < -0.4 is 43.8 Å². The number of aliphatic carboxylic acids is 1. The summed E-state index contributed by atoms with van der Waals surface area (Å²) in [6.45, 7) is 3.98. The van der Waals surface area contributed by atoms with Crippen LogP contribution in [-0.4, -0.2) is 105 Å². The van der Waals surface area contributed by atoms with Crippen LogP contribution in [0, 0.1) is 5.92 Å². The molecule has 0 bridgehead atoms. The van der Waals surface area contributed by atoms with Crippen LogP contribution in [-0.2, 0) is 44.8 Å². The molecule has 0 radical (unpaired) electrons. The molecule has 7 atom stereocenters. The summed E-state index contributed by atoms with van der Waals surface area (Å²) in [6, 6.07) is -0.887. The van der Waals surface area contributed by atoms with E-state index in [2.05, 4.69) is 31.6 Å². The van der Waals surface area contributed by atoms with Gasteiger partial charge in [0.1, 0.15) is 36.3 Å². The lowest BCUT2D eigenvalue weighted by molar-refractivity contribution is -0.143. The molecule has 14 N–H and O–H groups in total. The number of aromatic nitrogens is 1. The Morgan fingerprint density at radius 1 is 0.750 bits per heavy atom. The number of H-pyrrole nitrogens is 1. The molecule has 2 rings (SSSR count). The summed E-state index contributed by atoms with van der Waals surface area (Å²) in [5, 5.41) is 31.9. The van der Waals surface area contributed by atoms with Crippen LogP contribution >= 0.6 is 0 Å². The molecule has 0 saturated carbocycles. The molecule has 0 fully saturated rings. The Kier molecular flexibility index (Phi) is 16.7. The summed E-state index contributed by atoms with van der Waals surface area (Å²) in [6.07, 6.45) is 0.765. The highest BCUT2D eigenvalue weighted by Gasteiger charge is 2.33. The van der Waals surface area contributed by atoms with Crippen LogP contribution in [0.2, 0.25) is 0 Å². The number of fused-ring (bicyclic) bond motifs is 1. The third-order valence-corrected chi connectivity index (χ3v) is 8.42. The lowest BCUT2D eigenvalue weighted by Gasteiger charge is -2.28. The SMILES string of the molecule is CC[C@H](C)[C@H](NC(=O)[C@H](C)NC(=O)[C@H](CCC(N)=O)NC(=O)[C@H](Cc1c[nH]c2ccccc12)NC(=O)[C@@H](N)CO)C(=O)N[C@@H](CCC(N)=O)C(=O)O. The van der Waals surface area contributed by atoms with Crippen molar-refractivity contribution in [2.24, 2.45) is 23.1 Å². The monoisotopic (exact) mass is 731 g/mol. The van der Waals surface area contributed by atoms with E-state index < -0.39 is 96.1 Å². The van der Waals surface area contributed by atoms with Gasteiger partial charge in [-0.2, -0.15) is 0 Å². The molecular formula is C33H49N9O10. The van der Waals surface area contributed by atoms with Crippen LogP contribution in [0.3, 0.4) is 0 Å². The number of nitrogens with one attached hydrogen (secondary N) is 6. The Bertz CT molecular complexity index is 1610. The van der Waals surface area contributed by atoms with Gasteiger partial charge >= 0.3 is 5.97 Å². The van der Waals surface area contributed by atoms with Gasteiger partial charge in [-0.3, -0.25) is 33.6 Å². The molecule has 0 saturated heterocycles. The number of hydrogen-bond donors (Lipinski definition) is 11. The van der Waals surface area contributed by atoms with E-state index in [9.17, 15) is 48.6 Å². The highest BCUT2D eigenvalue weighted by atomic mass is 16.4. The van der Waals surface area contributed by atoms with Crippen molar-refractivity contribution in [3.8, 4) is 0 Å². The van der Waals surface area contributed by atoms with Crippen LogP contribution in [0.4, 0.5) is 0 Å². The van der Waals surface area contributed by atoms with Crippen LogP contribution in [0.1, 0.15) is 58.4 Å². The Morgan fingerprint density at radius 3 is 1.88 bits per heavy atom. The fourth-order valence-corrected chi connectivity index (χ4v) is 5.08. The van der Waals surface area contributed by atoms with E-state index in [4.69, 9.17) is 17.2 Å². The largest absolute Gasteiger partial charge is 0.480 e. The Morgan fingerprint density at radius 2 is 1.31 bits per heavy atom. The Hall–Kier alpha value is -5.56. The number of carbonyl (C=O) groups excluding carboxylic acids is 7. The zero-order valence-electron chi connectivity index (χ0n) is 29.3. The van der Waals surface area contributed by atoms with Gasteiger partial charge in [-0.25, -0.2) is 4.79 Å². The summed E-state index contributed by atoms with van der Waals surface area (Å²) in [4.78, 5) is 104. The van der Waals surface area contributed by atoms with E-state index in [1.165, 1.54) is 6.92 Å². The third kappa shape index (κ3) is 13.0. The van der Waals surface area contributed by atoms with E-state index >= 15 is 0 Å². The Balaban J connectivity index is 2.25. The quantitative estimate of drug-likeness (QED) is 0.0585. The van der Waals surface area contributed by atoms with Crippen LogP contribution in [0.15, 0.2) is 30.5 Å². The van der Waals surface area contributed by atoms with Gasteiger partial charge in [0.2, 0.25) is 41.4 Å². The number of hydrogen-bond acceptors (Lipinski definition) is 10. The zero-order valence-corrected chi connectivity index (χ0v) is 29.3. The van der Waals surface area contributed by atoms with Gasteiger partial charge in [-0.1, -0.05) is 38.5 Å². The van der Waals surface area contributed by atoms with Crippen LogP contribution in [0.25, 0.3) is 10.9 Å². The molecule has 1 aromatic carbocycles. The molecule has 0 unspecified atom stereocenters. The van der Waals surface area contributed by atoms with Gasteiger partial charge < -0.3 is 59.0 Å². The zero-order chi connectivity index (χ0) is 39.1. The minimum Gasteiger partial charge on any atom is -0.480 e. The van der Waals surface area contributed by atoms with Crippen molar-refractivity contribution in [3.05, 3.63) is 36.0 Å². The summed E-state index contributed by atoms with van der Waals surface area (Å²) < 4.78 is 0. The average Bonchev–Trinajstić information content (AvgIpc) is 3.51. The van der Waals surface area contributed by atoms with Gasteiger partial charge in [-0.05, 0) is 37.3 Å². The molecule has 0 spiro atoms. The predicted octanol–water partition coefficient (Wildman–Crippen LogP) is -2.86. The molecule has 286 valence electrons. The maximum atomic E-state index is 13.7. The minimum atomic E-state index is -1.46. The van der Waals surface area contributed by atoms with E-state index in [-0.39, 0.29) is 32.1 Å². The number of carboxylic acids is 1. The molecule has 0 aliphatic rings. The molecule has 19 nitrogen and oxygen atoms in total. The number of aliphatic hydroxyl groups is 1. The van der Waals surface area contributed by atoms with Gasteiger partial charge in [0.25, 0.3) is 0 Å². The number of amides is 7. The van der Waals surface area contributed by atoms with Crippen molar-refractivity contribution in [3.63, 3.8) is 0 Å². The smallest absolute Gasteiger partial charge is 0.326 e. The van der Waals surface area contributed by atoms with E-state index in [1.54, 1.807) is 38.2 Å². The normalized spacial score (nSPS) is 15.1. The summed E-state index contributed by atoms with van der Waals surface area (Å²) >= 11 is 0. The van der Waals surface area contributed by atoms with Crippen molar-refractivity contribution in [2.75, 3.05) is 6.61 Å². The number of para-hydroxylation sites is 1. The number of rotatable bonds is 22. The number of benzene rings is 1. The second kappa shape index (κ2) is 20.3. The highest BCUT2D eigenvalue weighted by molar-refractivity contribution is 5.97. The number of aliphatic hydroxyl groups excluding tert-OH is 1. The van der Waals surface area contributed by atoms with Crippen molar-refractivity contribution in [1.29, 1.82) is 0 Å². The lowest BCUT2D eigenvalue weighted by Crippen LogP contribution is -2.60. The number of carbonyl (C=O) groups is 8. The number of aromatic amines is 1. The Labute approximate surface area is 299 Å². The molecule has 19 heteroatoms. The summed E-state index contributed by atoms with van der Waals surface area (Å²) in [5.41, 5.74) is 17.5. The maximum Gasteiger partial charge on any atom is 0.326 e. The fourth-order valence-electron chi connectivity index (χ4n) is 5.08. The fraction of sp³-hybridized carbons (Fsp3) is 0.515. The molecule has 1 aromatic heterocycles. The number of nitrogens with two attached hydrogens (primary N) is 3. The predicted molar refractivity (Wildman–Crippen MR) is 186 cm³/mol. The molecule has 0 aliphatic heterocycles. The second-order valence-electron chi connectivity index (χ2n) is 12.5. The van der Waals surface area contributed by atoms with E-state index in [0.29, 0.717) is 12.0 Å². The van der Waals surface area contributed by atoms with Crippen molar-refractivity contribution >= 4 is 58.2 Å². The first-order valence-corrected chi connectivity index (χ1v) is 16.7. The minimum absolute atomic E-state index is 0.0625. The van der Waals surface area contributed by atoms with Gasteiger partial charge in [-0.15, -0.1) is 0 Å². The first-order valence-electron chi connectivity index (χ1n) is 16.7. The number of carboxylic acid groups (broad SMARTS) is 1. The van der Waals surface area contributed by atoms with Gasteiger partial charge in [0.15, 0.2) is 0 Å². The standard InChI is InChI=1S/C33H49N9O10/c1-4-16(2)27(32(50)40-23(33(51)52)10-12-26(36)45)42-28(46)17(3)38-30(48)22(9-11-25(35)44)39-31(49)24(41-29(47)20(34)15-43)13-18-14-37-21-8-6-5-7-19(18)21/h5-8,14,16-17,20,22-24,27,37,43H,4,9-13,15,34H2,1-3H3,(H2,35,44)(H2,36,45)(H,38,48)(H,39,49)(H,40,50)(H,41,47)(H,42,46)(H,51,52)/t16-,17-,20-,22-,23-,24-,27-/m0/s1. The average molecular weight is 732 g/mol. The van der Waals surface area contributed by atoms with Gasteiger partial charge in [0.05, 0.1) is 6.61 Å². The third-order valence-electron chi connectivity index (χ3n) is 8.42. The molecule has 0 aliphatic carbocycles. The lowest BCUT2D eigenvalue weighted by atomic mass is 9.97. The van der Waals surface area contributed by atoms with Gasteiger partial charge in [0, 0.05) is 36.4 Å². The van der Waals surface area contributed by atoms with E-state index in [1.807, 2.05) is 6.07 Å². The maximum absolute atomic E-state index is 13.7. The second-order valence-corrected chi connectivity index (χ2v) is 12.5. The molecule has 2 aromatic rings. The van der Waals surface area contributed by atoms with Crippen molar-refractivity contribution < 1.29 is 48.6 Å². The molecule has 7 amide bonds. The van der Waals surface area contributed by atoms with Crippen molar-refractivity contribution in [2.45, 2.75) is 95.5 Å². The van der Waals surface area contributed by atoms with Crippen LogP contribution in [0.5, 0.6) is 0 Å². The molecule has 52 heavy (non-hydrogen) atoms. The summed E-state index contributed by atoms with van der Waals surface area (Å²) in [7, 11) is 0. The van der Waals surface area contributed by atoms with Crippen molar-refractivity contribution in [1.82, 2.24) is 31.6 Å². The molecular weight excluding hydrogens is 682 g/mol. The molecule has 1 heterocycles. The number of primary amides is 2. The highest BCUT2D eigenvalue weighted by Crippen LogP contribution is 2.19. The van der Waals surface area contributed by atoms with E-state index in [0.717, 1.165) is 10.9 Å². The topological polar surface area (TPSA) is 331 Å². The summed E-state index contributed by atoms with van der Waals surface area (Å²) in [5.74, 6) is -7.71.